The van der Waals surface area contributed by atoms with Gasteiger partial charge in [-0.3, -0.25) is 9.59 Å². The van der Waals surface area contributed by atoms with Gasteiger partial charge in [0.25, 0.3) is 5.91 Å². The second-order valence-corrected chi connectivity index (χ2v) is 6.54. The van der Waals surface area contributed by atoms with Gasteiger partial charge in [0.15, 0.2) is 0 Å². The van der Waals surface area contributed by atoms with Gasteiger partial charge in [0.1, 0.15) is 5.82 Å². The number of para-hydroxylation sites is 1. The number of carbonyl (C=O) groups excluding carboxylic acids is 2. The molecule has 0 aliphatic rings. The molecule has 2 rings (SSSR count). The first kappa shape index (κ1) is 17.7. The Morgan fingerprint density at radius 3 is 2.42 bits per heavy atom. The molecule has 0 fully saturated rings. The Morgan fingerprint density at radius 2 is 1.75 bits per heavy atom. The van der Waals surface area contributed by atoms with Crippen LogP contribution in [0.1, 0.15) is 36.7 Å². The fourth-order valence-corrected chi connectivity index (χ4v) is 2.33. The van der Waals surface area contributed by atoms with Crippen molar-refractivity contribution in [1.29, 1.82) is 0 Å². The SMILES string of the molecule is CC(C)(C)c1ccccc1NC(=O)CNC(=O)c1cccc(F)c1. The van der Waals surface area contributed by atoms with Crippen molar-refractivity contribution in [1.82, 2.24) is 5.32 Å². The number of carbonyl (C=O) groups is 2. The molecule has 2 aromatic carbocycles. The molecular formula is C19H21FN2O2. The quantitative estimate of drug-likeness (QED) is 0.902. The molecule has 0 atom stereocenters. The zero-order chi connectivity index (χ0) is 17.7. The highest BCUT2D eigenvalue weighted by Gasteiger charge is 2.18. The zero-order valence-electron chi connectivity index (χ0n) is 14.0. The van der Waals surface area contributed by atoms with E-state index in [2.05, 4.69) is 31.4 Å². The molecule has 0 aromatic heterocycles. The predicted octanol–water partition coefficient (Wildman–Crippen LogP) is 3.49. The molecule has 126 valence electrons. The third-order valence-corrected chi connectivity index (χ3v) is 3.51. The summed E-state index contributed by atoms with van der Waals surface area (Å²) in [6, 6.07) is 12.9. The van der Waals surface area contributed by atoms with Crippen LogP contribution < -0.4 is 10.6 Å². The van der Waals surface area contributed by atoms with Gasteiger partial charge in [-0.2, -0.15) is 0 Å². The van der Waals surface area contributed by atoms with Crippen molar-refractivity contribution in [2.24, 2.45) is 0 Å². The Bertz CT molecular complexity index is 751. The van der Waals surface area contributed by atoms with E-state index >= 15 is 0 Å². The maximum atomic E-state index is 13.1. The van der Waals surface area contributed by atoms with Crippen LogP contribution in [0.4, 0.5) is 10.1 Å². The molecule has 0 saturated heterocycles. The van der Waals surface area contributed by atoms with E-state index in [1.54, 1.807) is 0 Å². The van der Waals surface area contributed by atoms with Crippen LogP contribution in [0, 0.1) is 5.82 Å². The summed E-state index contributed by atoms with van der Waals surface area (Å²) < 4.78 is 13.1. The lowest BCUT2D eigenvalue weighted by Crippen LogP contribution is -2.33. The fourth-order valence-electron chi connectivity index (χ4n) is 2.33. The van der Waals surface area contributed by atoms with Gasteiger partial charge < -0.3 is 10.6 Å². The Hall–Kier alpha value is -2.69. The van der Waals surface area contributed by atoms with Crippen molar-refractivity contribution in [2.45, 2.75) is 26.2 Å². The van der Waals surface area contributed by atoms with Crippen LogP contribution in [0.3, 0.4) is 0 Å². The molecule has 0 radical (unpaired) electrons. The second-order valence-electron chi connectivity index (χ2n) is 6.54. The van der Waals surface area contributed by atoms with Gasteiger partial charge >= 0.3 is 0 Å². The summed E-state index contributed by atoms with van der Waals surface area (Å²) in [7, 11) is 0. The van der Waals surface area contributed by atoms with Crippen molar-refractivity contribution >= 4 is 17.5 Å². The number of hydrogen-bond donors (Lipinski definition) is 2. The van der Waals surface area contributed by atoms with Crippen LogP contribution in [-0.4, -0.2) is 18.4 Å². The topological polar surface area (TPSA) is 58.2 Å². The van der Waals surface area contributed by atoms with Gasteiger partial charge in [-0.25, -0.2) is 4.39 Å². The summed E-state index contributed by atoms with van der Waals surface area (Å²) in [5.74, 6) is -1.32. The number of rotatable bonds is 4. The largest absolute Gasteiger partial charge is 0.343 e. The maximum Gasteiger partial charge on any atom is 0.251 e. The minimum Gasteiger partial charge on any atom is -0.343 e. The minimum atomic E-state index is -0.494. The van der Waals surface area contributed by atoms with Crippen LogP contribution in [0.15, 0.2) is 48.5 Å². The van der Waals surface area contributed by atoms with Crippen LogP contribution in [0.5, 0.6) is 0 Å². The average Bonchev–Trinajstić information content (AvgIpc) is 2.52. The van der Waals surface area contributed by atoms with E-state index < -0.39 is 11.7 Å². The average molecular weight is 328 g/mol. The molecule has 0 unspecified atom stereocenters. The molecule has 0 heterocycles. The number of halogens is 1. The fraction of sp³-hybridized carbons (Fsp3) is 0.263. The molecule has 2 N–H and O–H groups in total. The first-order valence-electron chi connectivity index (χ1n) is 7.70. The lowest BCUT2D eigenvalue weighted by atomic mass is 9.86. The molecule has 2 amide bonds. The molecule has 4 nitrogen and oxygen atoms in total. The van der Waals surface area contributed by atoms with E-state index in [1.807, 2.05) is 24.3 Å². The highest BCUT2D eigenvalue weighted by atomic mass is 19.1. The molecule has 0 aliphatic carbocycles. The second kappa shape index (κ2) is 7.25. The number of hydrogen-bond acceptors (Lipinski definition) is 2. The van der Waals surface area contributed by atoms with Crippen molar-refractivity contribution in [3.63, 3.8) is 0 Å². The van der Waals surface area contributed by atoms with Gasteiger partial charge in [-0.05, 0) is 35.2 Å². The van der Waals surface area contributed by atoms with Crippen LogP contribution in [0.2, 0.25) is 0 Å². The molecule has 24 heavy (non-hydrogen) atoms. The first-order chi connectivity index (χ1) is 11.3. The van der Waals surface area contributed by atoms with Gasteiger partial charge in [-0.1, -0.05) is 45.0 Å². The summed E-state index contributed by atoms with van der Waals surface area (Å²) in [6.07, 6.45) is 0. The lowest BCUT2D eigenvalue weighted by Gasteiger charge is -2.23. The highest BCUT2D eigenvalue weighted by Crippen LogP contribution is 2.29. The minimum absolute atomic E-state index is 0.116. The molecule has 0 saturated carbocycles. The Morgan fingerprint density at radius 1 is 1.04 bits per heavy atom. The highest BCUT2D eigenvalue weighted by molar-refractivity contribution is 5.99. The predicted molar refractivity (Wildman–Crippen MR) is 92.5 cm³/mol. The van der Waals surface area contributed by atoms with Crippen molar-refractivity contribution in [2.75, 3.05) is 11.9 Å². The van der Waals surface area contributed by atoms with Crippen LogP contribution >= 0.6 is 0 Å². The molecule has 5 heteroatoms. The number of nitrogens with one attached hydrogen (secondary N) is 2. The van der Waals surface area contributed by atoms with E-state index in [0.29, 0.717) is 0 Å². The smallest absolute Gasteiger partial charge is 0.251 e. The standard InChI is InChI=1S/C19H21FN2O2/c1-19(2,3)15-9-4-5-10-16(15)22-17(23)12-21-18(24)13-7-6-8-14(20)11-13/h4-11H,12H2,1-3H3,(H,21,24)(H,22,23). The Balaban J connectivity index is 1.98. The molecule has 0 aliphatic heterocycles. The van der Waals surface area contributed by atoms with Crippen LogP contribution in [-0.2, 0) is 10.2 Å². The summed E-state index contributed by atoms with van der Waals surface area (Å²) >= 11 is 0. The summed E-state index contributed by atoms with van der Waals surface area (Å²) in [5.41, 5.74) is 1.79. The normalized spacial score (nSPS) is 11.0. The van der Waals surface area contributed by atoms with E-state index in [1.165, 1.54) is 18.2 Å². The third-order valence-electron chi connectivity index (χ3n) is 3.51. The summed E-state index contributed by atoms with van der Waals surface area (Å²) in [4.78, 5) is 24.0. The Kier molecular flexibility index (Phi) is 5.34. The number of amides is 2. The number of benzene rings is 2. The third kappa shape index (κ3) is 4.65. The van der Waals surface area contributed by atoms with Gasteiger partial charge in [-0.15, -0.1) is 0 Å². The molecular weight excluding hydrogens is 307 g/mol. The van der Waals surface area contributed by atoms with Crippen molar-refractivity contribution in [3.8, 4) is 0 Å². The molecule has 2 aromatic rings. The van der Waals surface area contributed by atoms with E-state index in [0.717, 1.165) is 17.3 Å². The number of anilines is 1. The van der Waals surface area contributed by atoms with Crippen LogP contribution in [0.25, 0.3) is 0 Å². The zero-order valence-corrected chi connectivity index (χ0v) is 14.0. The Labute approximate surface area is 141 Å². The van der Waals surface area contributed by atoms with E-state index in [-0.39, 0.29) is 23.4 Å². The van der Waals surface area contributed by atoms with E-state index in [4.69, 9.17) is 0 Å². The lowest BCUT2D eigenvalue weighted by molar-refractivity contribution is -0.115. The maximum absolute atomic E-state index is 13.1. The molecule has 0 spiro atoms. The summed E-state index contributed by atoms with van der Waals surface area (Å²) in [5, 5.41) is 5.29. The van der Waals surface area contributed by atoms with Gasteiger partial charge in [0.05, 0.1) is 6.54 Å². The van der Waals surface area contributed by atoms with Gasteiger partial charge in [0, 0.05) is 11.3 Å². The van der Waals surface area contributed by atoms with E-state index in [9.17, 15) is 14.0 Å². The first-order valence-corrected chi connectivity index (χ1v) is 7.70. The van der Waals surface area contributed by atoms with Gasteiger partial charge in [0.2, 0.25) is 5.91 Å². The van der Waals surface area contributed by atoms with Crippen molar-refractivity contribution < 1.29 is 14.0 Å². The summed E-state index contributed by atoms with van der Waals surface area (Å²) in [6.45, 7) is 5.99. The molecule has 0 bridgehead atoms. The monoisotopic (exact) mass is 328 g/mol. The van der Waals surface area contributed by atoms with Crippen molar-refractivity contribution in [3.05, 3.63) is 65.5 Å².